The van der Waals surface area contributed by atoms with Gasteiger partial charge in [0.05, 0.1) is 6.20 Å². The maximum absolute atomic E-state index is 13.9. The van der Waals surface area contributed by atoms with Crippen LogP contribution in [0.15, 0.2) is 30.6 Å². The molecule has 1 saturated heterocycles. The van der Waals surface area contributed by atoms with Gasteiger partial charge in [-0.3, -0.25) is 9.48 Å². The molecule has 1 aromatic heterocycles. The fraction of sp³-hybridized carbons (Fsp3) is 0.412. The highest BCUT2D eigenvalue weighted by Crippen LogP contribution is 2.27. The van der Waals surface area contributed by atoms with Gasteiger partial charge in [-0.25, -0.2) is 8.78 Å². The molecular formula is C17H21F2N5O. The lowest BCUT2D eigenvalue weighted by Crippen LogP contribution is -2.43. The fourth-order valence-electron chi connectivity index (χ4n) is 3.20. The van der Waals surface area contributed by atoms with Crippen LogP contribution in [0.5, 0.6) is 0 Å². The van der Waals surface area contributed by atoms with Crippen molar-refractivity contribution in [2.75, 3.05) is 25.0 Å². The van der Waals surface area contributed by atoms with Gasteiger partial charge in [0.15, 0.2) is 0 Å². The molecule has 2 N–H and O–H groups in total. The second-order valence-electron chi connectivity index (χ2n) is 6.18. The average molecular weight is 349 g/mol. The van der Waals surface area contributed by atoms with Crippen LogP contribution in [0.2, 0.25) is 0 Å². The molecule has 8 heteroatoms. The smallest absolute Gasteiger partial charge is 0.242 e. The Morgan fingerprint density at radius 1 is 1.36 bits per heavy atom. The summed E-state index contributed by atoms with van der Waals surface area (Å²) in [5, 5.41) is 9.99. The topological polar surface area (TPSA) is 62.2 Å². The van der Waals surface area contributed by atoms with E-state index in [0.717, 1.165) is 5.56 Å². The lowest BCUT2D eigenvalue weighted by molar-refractivity contribution is -0.123. The molecule has 0 spiro atoms. The average Bonchev–Trinajstić information content (AvgIpc) is 3.18. The molecule has 2 atom stereocenters. The Morgan fingerprint density at radius 2 is 2.08 bits per heavy atom. The van der Waals surface area contributed by atoms with Crippen LogP contribution in [0.1, 0.15) is 18.0 Å². The van der Waals surface area contributed by atoms with Gasteiger partial charge in [0.25, 0.3) is 0 Å². The van der Waals surface area contributed by atoms with Gasteiger partial charge in [0, 0.05) is 37.9 Å². The first kappa shape index (κ1) is 17.3. The van der Waals surface area contributed by atoms with E-state index in [2.05, 4.69) is 15.7 Å². The summed E-state index contributed by atoms with van der Waals surface area (Å²) in [5.41, 5.74) is 0.731. The van der Waals surface area contributed by atoms with Crippen LogP contribution in [0.3, 0.4) is 0 Å². The summed E-state index contributed by atoms with van der Waals surface area (Å²) < 4.78 is 29.5. The van der Waals surface area contributed by atoms with Crippen molar-refractivity contribution in [1.82, 2.24) is 20.4 Å². The quantitative estimate of drug-likeness (QED) is 0.856. The molecule has 25 heavy (non-hydrogen) atoms. The molecule has 2 heterocycles. The molecule has 0 saturated carbocycles. The summed E-state index contributed by atoms with van der Waals surface area (Å²) in [6, 6.07) is 3.13. The number of likely N-dealkylation sites (N-methyl/N-ethyl adjacent to an activating group) is 1. The molecule has 0 aliphatic carbocycles. The zero-order valence-electron chi connectivity index (χ0n) is 14.2. The van der Waals surface area contributed by atoms with E-state index in [1.807, 2.05) is 0 Å². The molecule has 0 bridgehead atoms. The van der Waals surface area contributed by atoms with Gasteiger partial charge >= 0.3 is 0 Å². The van der Waals surface area contributed by atoms with Gasteiger partial charge in [-0.05, 0) is 25.6 Å². The number of aromatic nitrogens is 2. The molecule has 0 radical (unpaired) electrons. The first-order valence-corrected chi connectivity index (χ1v) is 8.14. The minimum Gasteiger partial charge on any atom is -0.365 e. The minimum atomic E-state index is -0.588. The Bertz CT molecular complexity index is 743. The third-order valence-electron chi connectivity index (χ3n) is 4.40. The Labute approximate surface area is 144 Å². The van der Waals surface area contributed by atoms with Gasteiger partial charge < -0.3 is 15.5 Å². The minimum absolute atomic E-state index is 0.0309. The highest BCUT2D eigenvalue weighted by atomic mass is 19.1. The van der Waals surface area contributed by atoms with Gasteiger partial charge in [-0.1, -0.05) is 6.07 Å². The van der Waals surface area contributed by atoms with E-state index in [4.69, 9.17) is 0 Å². The van der Waals surface area contributed by atoms with E-state index >= 15 is 0 Å². The maximum Gasteiger partial charge on any atom is 0.242 e. The van der Waals surface area contributed by atoms with Crippen molar-refractivity contribution >= 4 is 11.6 Å². The predicted molar refractivity (Wildman–Crippen MR) is 90.1 cm³/mol. The lowest BCUT2D eigenvalue weighted by Gasteiger charge is -2.21. The number of amides is 1. The summed E-state index contributed by atoms with van der Waals surface area (Å²) in [5.74, 6) is -1.36. The standard InChI is InChI=1S/C17H21F2N5O/c1-20-15(11-8-21-23(2)9-11)17(25)22-12-6-7-24(10-12)16-13(18)4-3-5-14(16)19/h3-5,8-9,12,15,20H,6-7,10H2,1-2H3,(H,22,25). The first-order valence-electron chi connectivity index (χ1n) is 8.14. The van der Waals surface area contributed by atoms with Crippen LogP contribution in [-0.4, -0.2) is 41.9 Å². The van der Waals surface area contributed by atoms with Gasteiger partial charge in [-0.15, -0.1) is 0 Å². The van der Waals surface area contributed by atoms with Crippen LogP contribution >= 0.6 is 0 Å². The Hall–Kier alpha value is -2.48. The number of hydrogen-bond acceptors (Lipinski definition) is 4. The van der Waals surface area contributed by atoms with Crippen molar-refractivity contribution in [2.24, 2.45) is 7.05 Å². The summed E-state index contributed by atoms with van der Waals surface area (Å²) in [7, 11) is 3.48. The van der Waals surface area contributed by atoms with Crippen molar-refractivity contribution in [3.63, 3.8) is 0 Å². The molecule has 3 rings (SSSR count). The molecule has 1 amide bonds. The molecule has 2 aromatic rings. The normalized spacial score (nSPS) is 18.4. The Balaban J connectivity index is 1.65. The van der Waals surface area contributed by atoms with Crippen LogP contribution in [0, 0.1) is 11.6 Å². The van der Waals surface area contributed by atoms with E-state index < -0.39 is 17.7 Å². The molecule has 6 nitrogen and oxygen atoms in total. The van der Waals surface area contributed by atoms with E-state index in [1.54, 1.807) is 36.1 Å². The molecule has 1 aliphatic heterocycles. The number of anilines is 1. The van der Waals surface area contributed by atoms with Gasteiger partial charge in [0.1, 0.15) is 23.4 Å². The number of benzene rings is 1. The molecule has 1 aromatic carbocycles. The summed E-state index contributed by atoms with van der Waals surface area (Å²) in [6.07, 6.45) is 4.04. The van der Waals surface area contributed by atoms with Crippen molar-refractivity contribution < 1.29 is 13.6 Å². The van der Waals surface area contributed by atoms with Crippen LogP contribution < -0.4 is 15.5 Å². The van der Waals surface area contributed by atoms with Crippen molar-refractivity contribution in [3.8, 4) is 0 Å². The second kappa shape index (κ2) is 7.18. The number of carbonyl (C=O) groups is 1. The van der Waals surface area contributed by atoms with Crippen LogP contribution in [0.25, 0.3) is 0 Å². The Kier molecular flexibility index (Phi) is 4.98. The third-order valence-corrected chi connectivity index (χ3v) is 4.40. The van der Waals surface area contributed by atoms with Crippen molar-refractivity contribution in [1.29, 1.82) is 0 Å². The highest BCUT2D eigenvalue weighted by molar-refractivity contribution is 5.83. The summed E-state index contributed by atoms with van der Waals surface area (Å²) >= 11 is 0. The van der Waals surface area contributed by atoms with Crippen molar-refractivity contribution in [2.45, 2.75) is 18.5 Å². The maximum atomic E-state index is 13.9. The number of hydrogen-bond donors (Lipinski definition) is 2. The Morgan fingerprint density at radius 3 is 2.68 bits per heavy atom. The number of nitrogens with zero attached hydrogens (tertiary/aromatic N) is 3. The molecule has 1 aliphatic rings. The zero-order valence-corrected chi connectivity index (χ0v) is 14.2. The number of nitrogens with one attached hydrogen (secondary N) is 2. The van der Waals surface area contributed by atoms with Crippen LogP contribution in [0.4, 0.5) is 14.5 Å². The van der Waals surface area contributed by atoms with Crippen molar-refractivity contribution in [3.05, 3.63) is 47.8 Å². The van der Waals surface area contributed by atoms with E-state index in [9.17, 15) is 13.6 Å². The predicted octanol–water partition coefficient (Wildman–Crippen LogP) is 1.35. The zero-order chi connectivity index (χ0) is 18.0. The first-order chi connectivity index (χ1) is 12.0. The van der Waals surface area contributed by atoms with E-state index in [0.29, 0.717) is 19.5 Å². The highest BCUT2D eigenvalue weighted by Gasteiger charge is 2.30. The number of carbonyl (C=O) groups excluding carboxylic acids is 1. The van der Waals surface area contributed by atoms with Crippen LogP contribution in [-0.2, 0) is 11.8 Å². The lowest BCUT2D eigenvalue weighted by atomic mass is 10.1. The number of rotatable bonds is 5. The number of aryl methyl sites for hydroxylation is 1. The SMILES string of the molecule is CNC(C(=O)NC1CCN(c2c(F)cccc2F)C1)c1cnn(C)c1. The molecular weight excluding hydrogens is 328 g/mol. The molecule has 134 valence electrons. The third kappa shape index (κ3) is 3.63. The van der Waals surface area contributed by atoms with Gasteiger partial charge in [-0.2, -0.15) is 5.10 Å². The number of para-hydroxylation sites is 1. The van der Waals surface area contributed by atoms with Gasteiger partial charge in [0.2, 0.25) is 5.91 Å². The molecule has 1 fully saturated rings. The van der Waals surface area contributed by atoms with E-state index in [1.165, 1.54) is 18.2 Å². The fourth-order valence-corrected chi connectivity index (χ4v) is 3.20. The number of halogens is 2. The largest absolute Gasteiger partial charge is 0.365 e. The summed E-state index contributed by atoms with van der Waals surface area (Å²) in [6.45, 7) is 0.854. The molecule has 2 unspecified atom stereocenters. The van der Waals surface area contributed by atoms with E-state index in [-0.39, 0.29) is 17.6 Å². The monoisotopic (exact) mass is 349 g/mol. The summed E-state index contributed by atoms with van der Waals surface area (Å²) in [4.78, 5) is 14.2. The second-order valence-corrected chi connectivity index (χ2v) is 6.18.